The Kier molecular flexibility index (Phi) is 3.53. The van der Waals surface area contributed by atoms with Crippen LogP contribution < -0.4 is 5.32 Å². The van der Waals surface area contributed by atoms with E-state index >= 15 is 0 Å². The molecule has 1 aliphatic heterocycles. The predicted molar refractivity (Wildman–Crippen MR) is 56.0 cm³/mol. The minimum atomic E-state index is -0.114. The molecule has 0 spiro atoms. The van der Waals surface area contributed by atoms with Crippen molar-refractivity contribution in [1.82, 2.24) is 5.32 Å². The molecule has 0 bridgehead atoms. The first kappa shape index (κ1) is 11.5. The number of carbonyl (C=O) groups excluding carboxylic acids is 1. The van der Waals surface area contributed by atoms with Gasteiger partial charge in [-0.2, -0.15) is 0 Å². The summed E-state index contributed by atoms with van der Waals surface area (Å²) in [7, 11) is 1.45. The zero-order chi connectivity index (χ0) is 10.8. The quantitative estimate of drug-likeness (QED) is 0.686. The number of carbonyl (C=O) groups is 1. The first-order valence-corrected chi connectivity index (χ1v) is 5.25. The second kappa shape index (κ2) is 4.30. The van der Waals surface area contributed by atoms with Crippen molar-refractivity contribution in [3.05, 3.63) is 0 Å². The van der Waals surface area contributed by atoms with Gasteiger partial charge in [0.15, 0.2) is 0 Å². The highest BCUT2D eigenvalue weighted by atomic mass is 16.5. The summed E-state index contributed by atoms with van der Waals surface area (Å²) in [5.74, 6) is 0.319. The predicted octanol–water partition coefficient (Wildman–Crippen LogP) is 1.57. The van der Waals surface area contributed by atoms with Crippen molar-refractivity contribution in [2.45, 2.75) is 39.7 Å². The Morgan fingerprint density at radius 2 is 2.14 bits per heavy atom. The summed E-state index contributed by atoms with van der Waals surface area (Å²) in [6.07, 6.45) is 2.15. The minimum absolute atomic E-state index is 0.0841. The average molecular weight is 199 g/mol. The maximum absolute atomic E-state index is 11.4. The fourth-order valence-electron chi connectivity index (χ4n) is 2.17. The van der Waals surface area contributed by atoms with Crippen molar-refractivity contribution in [1.29, 1.82) is 0 Å². The number of ether oxygens (including phenoxy) is 1. The molecule has 1 saturated heterocycles. The van der Waals surface area contributed by atoms with Gasteiger partial charge in [-0.15, -0.1) is 0 Å². The third kappa shape index (κ3) is 2.98. The summed E-state index contributed by atoms with van der Waals surface area (Å²) < 4.78 is 4.78. The van der Waals surface area contributed by atoms with Gasteiger partial charge in [0.25, 0.3) is 0 Å². The molecule has 1 N–H and O–H groups in total. The summed E-state index contributed by atoms with van der Waals surface area (Å²) in [5, 5.41) is 3.21. The monoisotopic (exact) mass is 199 g/mol. The van der Waals surface area contributed by atoms with Crippen LogP contribution in [-0.4, -0.2) is 25.7 Å². The molecule has 0 aromatic rings. The molecule has 1 aliphatic rings. The highest BCUT2D eigenvalue weighted by molar-refractivity contribution is 5.76. The van der Waals surface area contributed by atoms with E-state index in [9.17, 15) is 4.79 Å². The van der Waals surface area contributed by atoms with Gasteiger partial charge in [-0.25, -0.2) is 0 Å². The molecule has 82 valence electrons. The van der Waals surface area contributed by atoms with E-state index in [2.05, 4.69) is 26.1 Å². The Labute approximate surface area is 86.2 Å². The van der Waals surface area contributed by atoms with Crippen molar-refractivity contribution >= 4 is 5.97 Å². The van der Waals surface area contributed by atoms with Gasteiger partial charge in [0, 0.05) is 0 Å². The van der Waals surface area contributed by atoms with Gasteiger partial charge in [-0.3, -0.25) is 4.79 Å². The van der Waals surface area contributed by atoms with Gasteiger partial charge in [0.1, 0.15) is 6.04 Å². The van der Waals surface area contributed by atoms with E-state index in [1.54, 1.807) is 0 Å². The number of methoxy groups -OCH3 is 1. The van der Waals surface area contributed by atoms with Crippen LogP contribution in [0, 0.1) is 11.3 Å². The average Bonchev–Trinajstić information content (AvgIpc) is 2.48. The molecule has 0 unspecified atom stereocenters. The SMILES string of the molecule is COC(=O)[C@H]1NCC[C@@H]1CC(C)(C)C. The molecule has 0 saturated carbocycles. The zero-order valence-corrected chi connectivity index (χ0v) is 9.59. The van der Waals surface area contributed by atoms with Gasteiger partial charge in [-0.1, -0.05) is 20.8 Å². The Hall–Kier alpha value is -0.570. The molecule has 0 radical (unpaired) electrons. The second-order valence-corrected chi connectivity index (χ2v) is 5.27. The standard InChI is InChI=1S/C11H21NO2/c1-11(2,3)7-8-5-6-12-9(8)10(13)14-4/h8-9,12H,5-7H2,1-4H3/t8-,9+/m1/s1. The third-order valence-corrected chi connectivity index (χ3v) is 2.68. The van der Waals surface area contributed by atoms with Crippen molar-refractivity contribution in [2.24, 2.45) is 11.3 Å². The first-order chi connectivity index (χ1) is 6.44. The van der Waals surface area contributed by atoms with Crippen molar-refractivity contribution < 1.29 is 9.53 Å². The second-order valence-electron chi connectivity index (χ2n) is 5.27. The van der Waals surface area contributed by atoms with Gasteiger partial charge >= 0.3 is 5.97 Å². The van der Waals surface area contributed by atoms with Crippen LogP contribution in [0.15, 0.2) is 0 Å². The fraction of sp³-hybridized carbons (Fsp3) is 0.909. The van der Waals surface area contributed by atoms with Crippen LogP contribution in [0.5, 0.6) is 0 Å². The van der Waals surface area contributed by atoms with Crippen molar-refractivity contribution in [2.75, 3.05) is 13.7 Å². The molecule has 0 aliphatic carbocycles. The Bertz CT molecular complexity index is 208. The van der Waals surface area contributed by atoms with E-state index in [-0.39, 0.29) is 17.4 Å². The highest BCUT2D eigenvalue weighted by Crippen LogP contribution is 2.31. The van der Waals surface area contributed by atoms with Gasteiger partial charge in [-0.05, 0) is 30.7 Å². The van der Waals surface area contributed by atoms with E-state index in [4.69, 9.17) is 4.74 Å². The number of hydrogen-bond donors (Lipinski definition) is 1. The summed E-state index contributed by atoms with van der Waals surface area (Å²) in [6, 6.07) is -0.0841. The lowest BCUT2D eigenvalue weighted by Gasteiger charge is -2.25. The number of rotatable bonds is 2. The molecule has 0 aromatic heterocycles. The van der Waals surface area contributed by atoms with E-state index in [1.807, 2.05) is 0 Å². The molecule has 2 atom stereocenters. The van der Waals surface area contributed by atoms with Gasteiger partial charge < -0.3 is 10.1 Å². The van der Waals surface area contributed by atoms with Crippen LogP contribution in [0.3, 0.4) is 0 Å². The molecule has 1 fully saturated rings. The largest absolute Gasteiger partial charge is 0.468 e. The third-order valence-electron chi connectivity index (χ3n) is 2.68. The summed E-state index contributed by atoms with van der Waals surface area (Å²) in [6.45, 7) is 7.56. The maximum Gasteiger partial charge on any atom is 0.323 e. The molecule has 1 rings (SSSR count). The lowest BCUT2D eigenvalue weighted by molar-refractivity contribution is -0.144. The van der Waals surface area contributed by atoms with Gasteiger partial charge in [0.2, 0.25) is 0 Å². The van der Waals surface area contributed by atoms with Crippen LogP contribution in [0.1, 0.15) is 33.6 Å². The van der Waals surface area contributed by atoms with Gasteiger partial charge in [0.05, 0.1) is 7.11 Å². The molecule has 3 heteroatoms. The topological polar surface area (TPSA) is 38.3 Å². The maximum atomic E-state index is 11.4. The van der Waals surface area contributed by atoms with Crippen molar-refractivity contribution in [3.8, 4) is 0 Å². The van der Waals surface area contributed by atoms with E-state index < -0.39 is 0 Å². The smallest absolute Gasteiger partial charge is 0.323 e. The molecular weight excluding hydrogens is 178 g/mol. The van der Waals surface area contributed by atoms with E-state index in [0.717, 1.165) is 19.4 Å². The molecule has 0 amide bonds. The van der Waals surface area contributed by atoms with Crippen LogP contribution in [0.4, 0.5) is 0 Å². The molecule has 0 aromatic carbocycles. The minimum Gasteiger partial charge on any atom is -0.468 e. The number of nitrogens with one attached hydrogen (secondary N) is 1. The lowest BCUT2D eigenvalue weighted by Crippen LogP contribution is -2.37. The van der Waals surface area contributed by atoms with Crippen LogP contribution in [0.25, 0.3) is 0 Å². The normalized spacial score (nSPS) is 27.7. The summed E-state index contributed by atoms with van der Waals surface area (Å²) in [5.41, 5.74) is 0.281. The molecule has 1 heterocycles. The van der Waals surface area contributed by atoms with E-state index in [0.29, 0.717) is 5.92 Å². The van der Waals surface area contributed by atoms with Crippen LogP contribution in [0.2, 0.25) is 0 Å². The van der Waals surface area contributed by atoms with Crippen LogP contribution >= 0.6 is 0 Å². The summed E-state index contributed by atoms with van der Waals surface area (Å²) in [4.78, 5) is 11.4. The number of esters is 1. The first-order valence-electron chi connectivity index (χ1n) is 5.25. The Morgan fingerprint density at radius 1 is 1.50 bits per heavy atom. The Balaban J connectivity index is 2.56. The van der Waals surface area contributed by atoms with E-state index in [1.165, 1.54) is 7.11 Å². The van der Waals surface area contributed by atoms with Crippen LogP contribution in [-0.2, 0) is 9.53 Å². The zero-order valence-electron chi connectivity index (χ0n) is 9.59. The number of hydrogen-bond acceptors (Lipinski definition) is 3. The highest BCUT2D eigenvalue weighted by Gasteiger charge is 2.35. The Morgan fingerprint density at radius 3 is 2.64 bits per heavy atom. The summed E-state index contributed by atoms with van der Waals surface area (Å²) >= 11 is 0. The molecule has 14 heavy (non-hydrogen) atoms. The molecule has 3 nitrogen and oxygen atoms in total. The molecular formula is C11H21NO2. The lowest BCUT2D eigenvalue weighted by atomic mass is 9.81. The fourth-order valence-corrected chi connectivity index (χ4v) is 2.17. The van der Waals surface area contributed by atoms with Crippen molar-refractivity contribution in [3.63, 3.8) is 0 Å².